The normalized spacial score (nSPS) is 12.1. The highest BCUT2D eigenvalue weighted by Crippen LogP contribution is 2.27. The molecule has 2 aromatic rings. The number of halogens is 6. The standard InChI is InChI=1S/C18H14F6N2O2/c19-17(20,21)11-25-13-6-2-3-7-14(13)26-16(27)10-9-12-5-1-4-8-15(12)28-18(22,23)24/h1-10,25H,11H2,(H,26,27)/b10-9+. The third-order valence-electron chi connectivity index (χ3n) is 3.22. The minimum atomic E-state index is -4.89. The molecule has 0 saturated heterocycles. The molecule has 0 atom stereocenters. The van der Waals surface area contributed by atoms with Gasteiger partial charge in [0.1, 0.15) is 12.3 Å². The van der Waals surface area contributed by atoms with Crippen LogP contribution in [0.3, 0.4) is 0 Å². The fourth-order valence-corrected chi connectivity index (χ4v) is 2.12. The number of nitrogens with one attached hydrogen (secondary N) is 2. The zero-order valence-electron chi connectivity index (χ0n) is 14.1. The molecule has 0 aliphatic rings. The van der Waals surface area contributed by atoms with E-state index in [9.17, 15) is 31.1 Å². The van der Waals surface area contributed by atoms with Gasteiger partial charge in [0.25, 0.3) is 0 Å². The van der Waals surface area contributed by atoms with Crippen LogP contribution in [0.15, 0.2) is 54.6 Å². The topological polar surface area (TPSA) is 50.4 Å². The van der Waals surface area contributed by atoms with Crippen LogP contribution < -0.4 is 15.4 Å². The van der Waals surface area contributed by atoms with E-state index in [2.05, 4.69) is 15.4 Å². The Labute approximate surface area is 155 Å². The van der Waals surface area contributed by atoms with E-state index in [-0.39, 0.29) is 16.9 Å². The minimum absolute atomic E-state index is 0.00143. The molecule has 0 aliphatic heterocycles. The van der Waals surface area contributed by atoms with Crippen molar-refractivity contribution in [1.82, 2.24) is 0 Å². The quantitative estimate of drug-likeness (QED) is 0.513. The van der Waals surface area contributed by atoms with E-state index in [1.807, 2.05) is 0 Å². The van der Waals surface area contributed by atoms with E-state index >= 15 is 0 Å². The van der Waals surface area contributed by atoms with Crippen LogP contribution in [0.5, 0.6) is 5.75 Å². The van der Waals surface area contributed by atoms with Gasteiger partial charge >= 0.3 is 12.5 Å². The van der Waals surface area contributed by atoms with Crippen LogP contribution in [0.1, 0.15) is 5.56 Å². The first-order valence-corrected chi connectivity index (χ1v) is 7.77. The molecule has 0 radical (unpaired) electrons. The molecular formula is C18H14F6N2O2. The Hall–Kier alpha value is -3.17. The van der Waals surface area contributed by atoms with Crippen molar-refractivity contribution >= 4 is 23.4 Å². The number of amides is 1. The lowest BCUT2D eigenvalue weighted by Gasteiger charge is -2.13. The lowest BCUT2D eigenvalue weighted by atomic mass is 10.2. The van der Waals surface area contributed by atoms with Crippen LogP contribution in [-0.4, -0.2) is 25.0 Å². The molecule has 0 fully saturated rings. The summed E-state index contributed by atoms with van der Waals surface area (Å²) in [5, 5.41) is 4.52. The van der Waals surface area contributed by atoms with Crippen LogP contribution in [-0.2, 0) is 4.79 Å². The number of carbonyl (C=O) groups is 1. The maximum Gasteiger partial charge on any atom is 0.573 e. The van der Waals surface area contributed by atoms with E-state index in [0.717, 1.165) is 18.2 Å². The number of carbonyl (C=O) groups excluding carboxylic acids is 1. The summed E-state index contributed by atoms with van der Waals surface area (Å²) in [5.41, 5.74) is 0.127. The number of hydrogen-bond donors (Lipinski definition) is 2. The lowest BCUT2D eigenvalue weighted by molar-refractivity contribution is -0.274. The molecule has 0 saturated carbocycles. The first-order chi connectivity index (χ1) is 13.0. The van der Waals surface area contributed by atoms with Crippen molar-refractivity contribution in [3.63, 3.8) is 0 Å². The highest BCUT2D eigenvalue weighted by Gasteiger charge is 2.31. The first kappa shape index (κ1) is 21.1. The zero-order valence-corrected chi connectivity index (χ0v) is 14.1. The summed E-state index contributed by atoms with van der Waals surface area (Å²) in [6, 6.07) is 10.9. The molecule has 1 amide bonds. The van der Waals surface area contributed by atoms with E-state index in [1.54, 1.807) is 0 Å². The molecule has 0 unspecified atom stereocenters. The van der Waals surface area contributed by atoms with Crippen LogP contribution in [0.4, 0.5) is 37.7 Å². The molecule has 150 valence electrons. The Morgan fingerprint density at radius 1 is 0.929 bits per heavy atom. The number of alkyl halides is 6. The fraction of sp³-hybridized carbons (Fsp3) is 0.167. The van der Waals surface area contributed by atoms with Crippen molar-refractivity contribution < 1.29 is 35.9 Å². The van der Waals surface area contributed by atoms with E-state index in [1.165, 1.54) is 42.5 Å². The van der Waals surface area contributed by atoms with Gasteiger partial charge in [0, 0.05) is 11.6 Å². The summed E-state index contributed by atoms with van der Waals surface area (Å²) >= 11 is 0. The van der Waals surface area contributed by atoms with Gasteiger partial charge in [0.2, 0.25) is 5.91 Å². The number of para-hydroxylation sites is 3. The van der Waals surface area contributed by atoms with Crippen LogP contribution in [0, 0.1) is 0 Å². The summed E-state index contributed by atoms with van der Waals surface area (Å²) < 4.78 is 78.1. The summed E-state index contributed by atoms with van der Waals surface area (Å²) in [5.74, 6) is -1.24. The second kappa shape index (κ2) is 8.68. The number of ether oxygens (including phenoxy) is 1. The average Bonchev–Trinajstić information content (AvgIpc) is 2.58. The predicted octanol–water partition coefficient (Wildman–Crippen LogP) is 5.21. The Morgan fingerprint density at radius 2 is 1.54 bits per heavy atom. The van der Waals surface area contributed by atoms with Crippen molar-refractivity contribution in [2.24, 2.45) is 0 Å². The van der Waals surface area contributed by atoms with Gasteiger partial charge in [-0.25, -0.2) is 0 Å². The molecule has 0 bridgehead atoms. The molecule has 2 rings (SSSR count). The average molecular weight is 404 g/mol. The second-order valence-electron chi connectivity index (χ2n) is 5.42. The summed E-state index contributed by atoms with van der Waals surface area (Å²) in [6.45, 7) is -1.29. The summed E-state index contributed by atoms with van der Waals surface area (Å²) in [7, 11) is 0. The third kappa shape index (κ3) is 7.22. The number of benzene rings is 2. The van der Waals surface area contributed by atoms with E-state index in [4.69, 9.17) is 0 Å². The van der Waals surface area contributed by atoms with Crippen molar-refractivity contribution in [3.05, 3.63) is 60.2 Å². The van der Waals surface area contributed by atoms with Crippen LogP contribution >= 0.6 is 0 Å². The highest BCUT2D eigenvalue weighted by atomic mass is 19.4. The molecule has 0 heterocycles. The molecule has 28 heavy (non-hydrogen) atoms. The maximum absolute atomic E-state index is 12.4. The highest BCUT2D eigenvalue weighted by molar-refractivity contribution is 6.03. The third-order valence-corrected chi connectivity index (χ3v) is 3.22. The van der Waals surface area contributed by atoms with E-state index in [0.29, 0.717) is 0 Å². The molecule has 0 spiro atoms. The van der Waals surface area contributed by atoms with Crippen molar-refractivity contribution in [1.29, 1.82) is 0 Å². The maximum atomic E-state index is 12.4. The lowest BCUT2D eigenvalue weighted by Crippen LogP contribution is -2.22. The first-order valence-electron chi connectivity index (χ1n) is 7.77. The van der Waals surface area contributed by atoms with Gasteiger partial charge in [0.15, 0.2) is 0 Å². The Balaban J connectivity index is 2.09. The smallest absolute Gasteiger partial charge is 0.405 e. The second-order valence-corrected chi connectivity index (χ2v) is 5.42. The predicted molar refractivity (Wildman–Crippen MR) is 91.8 cm³/mol. The Bertz CT molecular complexity index is 846. The summed E-state index contributed by atoms with van der Waals surface area (Å²) in [4.78, 5) is 12.0. The fourth-order valence-electron chi connectivity index (χ4n) is 2.12. The van der Waals surface area contributed by atoms with E-state index < -0.39 is 30.7 Å². The van der Waals surface area contributed by atoms with Crippen molar-refractivity contribution in [2.45, 2.75) is 12.5 Å². The largest absolute Gasteiger partial charge is 0.573 e. The Kier molecular flexibility index (Phi) is 6.55. The molecule has 2 N–H and O–H groups in total. The summed E-state index contributed by atoms with van der Waals surface area (Å²) in [6.07, 6.45) is -7.30. The van der Waals surface area contributed by atoms with Gasteiger partial charge in [0.05, 0.1) is 11.4 Å². The van der Waals surface area contributed by atoms with Gasteiger partial charge in [-0.1, -0.05) is 30.3 Å². The Morgan fingerprint density at radius 3 is 2.18 bits per heavy atom. The van der Waals surface area contributed by atoms with Gasteiger partial charge in [-0.05, 0) is 24.3 Å². The molecule has 4 nitrogen and oxygen atoms in total. The van der Waals surface area contributed by atoms with Gasteiger partial charge in [-0.2, -0.15) is 13.2 Å². The molecular weight excluding hydrogens is 390 g/mol. The van der Waals surface area contributed by atoms with Gasteiger partial charge in [-0.15, -0.1) is 13.2 Å². The SMILES string of the molecule is O=C(/C=C/c1ccccc1OC(F)(F)F)Nc1ccccc1NCC(F)(F)F. The van der Waals surface area contributed by atoms with Gasteiger partial charge in [-0.3, -0.25) is 4.79 Å². The zero-order chi connectivity index (χ0) is 20.8. The number of anilines is 2. The van der Waals surface area contributed by atoms with Gasteiger partial charge < -0.3 is 15.4 Å². The number of hydrogen-bond acceptors (Lipinski definition) is 3. The van der Waals surface area contributed by atoms with Crippen molar-refractivity contribution in [3.8, 4) is 5.75 Å². The van der Waals surface area contributed by atoms with Crippen LogP contribution in [0.25, 0.3) is 6.08 Å². The molecule has 2 aromatic carbocycles. The molecule has 10 heteroatoms. The minimum Gasteiger partial charge on any atom is -0.405 e. The number of rotatable bonds is 6. The van der Waals surface area contributed by atoms with Crippen LogP contribution in [0.2, 0.25) is 0 Å². The van der Waals surface area contributed by atoms with Crippen molar-refractivity contribution in [2.75, 3.05) is 17.2 Å². The molecule has 0 aliphatic carbocycles. The monoisotopic (exact) mass is 404 g/mol. The molecule has 0 aromatic heterocycles.